The van der Waals surface area contributed by atoms with E-state index in [9.17, 15) is 14.9 Å². The van der Waals surface area contributed by atoms with Gasteiger partial charge in [0, 0.05) is 37.8 Å². The summed E-state index contributed by atoms with van der Waals surface area (Å²) < 4.78 is 0. The van der Waals surface area contributed by atoms with Crippen molar-refractivity contribution in [3.8, 4) is 0 Å². The molecular weight excluding hydrogens is 340 g/mol. The van der Waals surface area contributed by atoms with Gasteiger partial charge in [-0.05, 0) is 42.8 Å². The van der Waals surface area contributed by atoms with Crippen LogP contribution in [-0.4, -0.2) is 58.0 Å². The average Bonchev–Trinajstić information content (AvgIpc) is 3.21. The van der Waals surface area contributed by atoms with Crippen molar-refractivity contribution in [2.75, 3.05) is 26.2 Å². The van der Waals surface area contributed by atoms with Gasteiger partial charge in [0.15, 0.2) is 5.17 Å². The number of hydrogen-bond acceptors (Lipinski definition) is 6. The number of nitro groups is 1. The number of rotatable bonds is 2. The highest BCUT2D eigenvalue weighted by molar-refractivity contribution is 8.18. The van der Waals surface area contributed by atoms with E-state index in [1.807, 2.05) is 0 Å². The van der Waals surface area contributed by atoms with Gasteiger partial charge >= 0.3 is 0 Å². The van der Waals surface area contributed by atoms with Crippen LogP contribution in [0.2, 0.25) is 0 Å². The molecule has 0 aliphatic carbocycles. The summed E-state index contributed by atoms with van der Waals surface area (Å²) in [6.45, 7) is 4.00. The van der Waals surface area contributed by atoms with Crippen molar-refractivity contribution in [1.82, 2.24) is 9.80 Å². The molecule has 7 nitrogen and oxygen atoms in total. The highest BCUT2D eigenvalue weighted by Crippen LogP contribution is 2.32. The van der Waals surface area contributed by atoms with Crippen LogP contribution in [0.1, 0.15) is 18.4 Å². The number of fused-ring (bicyclic) bond motifs is 1. The zero-order valence-electron chi connectivity index (χ0n) is 13.6. The van der Waals surface area contributed by atoms with Crippen LogP contribution in [0.3, 0.4) is 0 Å². The van der Waals surface area contributed by atoms with Gasteiger partial charge in [-0.3, -0.25) is 19.8 Å². The van der Waals surface area contributed by atoms with Crippen LogP contribution in [-0.2, 0) is 4.79 Å². The third kappa shape index (κ3) is 3.32. The summed E-state index contributed by atoms with van der Waals surface area (Å²) in [6, 6.07) is 6.85. The molecule has 0 saturated carbocycles. The lowest BCUT2D eigenvalue weighted by Gasteiger charge is -2.38. The van der Waals surface area contributed by atoms with Gasteiger partial charge in [0.25, 0.3) is 11.6 Å². The maximum atomic E-state index is 12.2. The van der Waals surface area contributed by atoms with E-state index in [1.165, 1.54) is 43.3 Å². The van der Waals surface area contributed by atoms with Crippen molar-refractivity contribution >= 4 is 34.6 Å². The van der Waals surface area contributed by atoms with Crippen LogP contribution in [0.4, 0.5) is 5.69 Å². The van der Waals surface area contributed by atoms with E-state index in [-0.39, 0.29) is 11.6 Å². The molecule has 0 spiro atoms. The molecule has 1 aromatic rings. The second-order valence-electron chi connectivity index (χ2n) is 6.44. The van der Waals surface area contributed by atoms with Crippen molar-refractivity contribution in [1.29, 1.82) is 0 Å². The van der Waals surface area contributed by atoms with Gasteiger partial charge in [0.05, 0.1) is 9.83 Å². The molecule has 0 bridgehead atoms. The molecule has 0 N–H and O–H groups in total. The molecule has 8 heteroatoms. The number of benzene rings is 1. The number of nitrogens with zero attached hydrogens (tertiary/aromatic N) is 4. The molecule has 25 heavy (non-hydrogen) atoms. The monoisotopic (exact) mass is 358 g/mol. The molecule has 0 radical (unpaired) electrons. The lowest BCUT2D eigenvalue weighted by atomic mass is 10.2. The average molecular weight is 358 g/mol. The van der Waals surface area contributed by atoms with Gasteiger partial charge < -0.3 is 4.90 Å². The standard InChI is InChI=1S/C17H18N4O3S/c22-16-15(10-12-3-1-4-13(9-12)21(23)24)25-17(18-16)20-8-7-19-6-2-5-14(19)11-20/h1,3-4,9-10,14H,2,5-8,11H2. The first-order chi connectivity index (χ1) is 12.1. The Bertz CT molecular complexity index is 792. The number of nitro benzene ring substituents is 1. The Balaban J connectivity index is 1.48. The van der Waals surface area contributed by atoms with Crippen molar-refractivity contribution in [2.24, 2.45) is 4.99 Å². The normalized spacial score (nSPS) is 25.4. The molecule has 1 atom stereocenters. The van der Waals surface area contributed by atoms with Crippen LogP contribution in [0.25, 0.3) is 6.08 Å². The molecular formula is C17H18N4O3S. The Kier molecular flexibility index (Phi) is 4.30. The number of amides is 1. The van der Waals surface area contributed by atoms with Crippen LogP contribution in [0.15, 0.2) is 34.2 Å². The summed E-state index contributed by atoms with van der Waals surface area (Å²) in [6.07, 6.45) is 4.14. The highest BCUT2D eigenvalue weighted by Gasteiger charge is 2.34. The fraction of sp³-hybridized carbons (Fsp3) is 0.412. The molecule has 2 saturated heterocycles. The minimum Gasteiger partial charge on any atom is -0.348 e. The maximum absolute atomic E-state index is 12.2. The zero-order chi connectivity index (χ0) is 17.4. The quantitative estimate of drug-likeness (QED) is 0.459. The smallest absolute Gasteiger partial charge is 0.286 e. The largest absolute Gasteiger partial charge is 0.348 e. The first kappa shape index (κ1) is 16.3. The van der Waals surface area contributed by atoms with Crippen molar-refractivity contribution < 1.29 is 9.72 Å². The molecule has 3 heterocycles. The summed E-state index contributed by atoms with van der Waals surface area (Å²) in [7, 11) is 0. The fourth-order valence-electron chi connectivity index (χ4n) is 3.58. The van der Waals surface area contributed by atoms with Crippen LogP contribution in [0, 0.1) is 10.1 Å². The van der Waals surface area contributed by atoms with E-state index in [4.69, 9.17) is 0 Å². The van der Waals surface area contributed by atoms with Gasteiger partial charge in [-0.25, -0.2) is 0 Å². The van der Waals surface area contributed by atoms with E-state index >= 15 is 0 Å². The number of amidine groups is 1. The molecule has 1 amide bonds. The first-order valence-electron chi connectivity index (χ1n) is 8.36. The topological polar surface area (TPSA) is 79.0 Å². The van der Waals surface area contributed by atoms with Gasteiger partial charge in [-0.2, -0.15) is 4.99 Å². The van der Waals surface area contributed by atoms with Crippen molar-refractivity contribution in [2.45, 2.75) is 18.9 Å². The SMILES string of the molecule is O=C1N=C(N2CCN3CCCC3C2)SC1=Cc1cccc([N+](=O)[O-])c1. The fourth-order valence-corrected chi connectivity index (χ4v) is 4.53. The second kappa shape index (κ2) is 6.61. The predicted molar refractivity (Wildman–Crippen MR) is 97.3 cm³/mol. The van der Waals surface area contributed by atoms with Gasteiger partial charge in [-0.1, -0.05) is 12.1 Å². The third-order valence-electron chi connectivity index (χ3n) is 4.85. The molecule has 3 aliphatic heterocycles. The number of hydrogen-bond donors (Lipinski definition) is 0. The minimum atomic E-state index is -0.436. The molecule has 4 rings (SSSR count). The minimum absolute atomic E-state index is 0.0169. The molecule has 1 unspecified atom stereocenters. The molecule has 130 valence electrons. The van der Waals surface area contributed by atoms with Gasteiger partial charge in [0.1, 0.15) is 0 Å². The molecule has 0 aromatic heterocycles. The number of thioether (sulfide) groups is 1. The number of aliphatic imine (C=N–C) groups is 1. The Morgan fingerprint density at radius 1 is 1.32 bits per heavy atom. The number of non-ortho nitro benzene ring substituents is 1. The van der Waals surface area contributed by atoms with Crippen LogP contribution >= 0.6 is 11.8 Å². The lowest BCUT2D eigenvalue weighted by molar-refractivity contribution is -0.384. The Morgan fingerprint density at radius 2 is 2.20 bits per heavy atom. The van der Waals surface area contributed by atoms with E-state index in [0.29, 0.717) is 16.5 Å². The summed E-state index contributed by atoms with van der Waals surface area (Å²) in [5, 5.41) is 11.6. The number of piperazine rings is 1. The summed E-state index contributed by atoms with van der Waals surface area (Å²) >= 11 is 1.37. The number of carbonyl (C=O) groups excluding carboxylic acids is 1. The highest BCUT2D eigenvalue weighted by atomic mass is 32.2. The summed E-state index contributed by atoms with van der Waals surface area (Å²) in [5.41, 5.74) is 0.658. The van der Waals surface area contributed by atoms with Gasteiger partial charge in [0.2, 0.25) is 0 Å². The van der Waals surface area contributed by atoms with Crippen LogP contribution < -0.4 is 0 Å². The molecule has 1 aromatic carbocycles. The second-order valence-corrected chi connectivity index (χ2v) is 7.45. The Labute approximate surface area is 149 Å². The third-order valence-corrected chi connectivity index (χ3v) is 5.89. The zero-order valence-corrected chi connectivity index (χ0v) is 14.4. The van der Waals surface area contributed by atoms with E-state index in [2.05, 4.69) is 14.8 Å². The van der Waals surface area contributed by atoms with E-state index in [1.54, 1.807) is 18.2 Å². The summed E-state index contributed by atoms with van der Waals surface area (Å²) in [5.74, 6) is -0.264. The van der Waals surface area contributed by atoms with Crippen molar-refractivity contribution in [3.05, 3.63) is 44.8 Å². The Hall–Kier alpha value is -2.19. The lowest BCUT2D eigenvalue weighted by Crippen LogP contribution is -2.51. The summed E-state index contributed by atoms with van der Waals surface area (Å²) in [4.78, 5) is 32.1. The van der Waals surface area contributed by atoms with E-state index < -0.39 is 4.92 Å². The van der Waals surface area contributed by atoms with E-state index in [0.717, 1.165) is 24.8 Å². The molecule has 2 fully saturated rings. The first-order valence-corrected chi connectivity index (χ1v) is 9.18. The van der Waals surface area contributed by atoms with Crippen LogP contribution in [0.5, 0.6) is 0 Å². The number of carbonyl (C=O) groups is 1. The Morgan fingerprint density at radius 3 is 3.04 bits per heavy atom. The maximum Gasteiger partial charge on any atom is 0.286 e. The van der Waals surface area contributed by atoms with Crippen molar-refractivity contribution in [3.63, 3.8) is 0 Å². The van der Waals surface area contributed by atoms with Gasteiger partial charge in [-0.15, -0.1) is 0 Å². The predicted octanol–water partition coefficient (Wildman–Crippen LogP) is 2.35. The molecule has 3 aliphatic rings.